The lowest BCUT2D eigenvalue weighted by molar-refractivity contribution is 0.151. The normalized spacial score (nSPS) is 35.9. The molecule has 4 heteroatoms. The Morgan fingerprint density at radius 2 is 2.14 bits per heavy atom. The molecule has 4 nitrogen and oxygen atoms in total. The number of carbonyl (C=O) groups excluding carboxylic acids is 1. The summed E-state index contributed by atoms with van der Waals surface area (Å²) in [6.07, 6.45) is 1.15. The fourth-order valence-electron chi connectivity index (χ4n) is 2.73. The summed E-state index contributed by atoms with van der Waals surface area (Å²) in [7, 11) is 3.65. The summed E-state index contributed by atoms with van der Waals surface area (Å²) in [6, 6.07) is 0.996. The molecule has 14 heavy (non-hydrogen) atoms. The van der Waals surface area contributed by atoms with E-state index in [-0.39, 0.29) is 6.03 Å². The van der Waals surface area contributed by atoms with Crippen molar-refractivity contribution < 1.29 is 4.79 Å². The number of amides is 2. The number of urea groups is 1. The lowest BCUT2D eigenvalue weighted by atomic mass is 10.0. The molecule has 1 N–H and O–H groups in total. The molecule has 2 amide bonds. The van der Waals surface area contributed by atoms with Gasteiger partial charge >= 0.3 is 6.03 Å². The van der Waals surface area contributed by atoms with Crippen LogP contribution in [0, 0.1) is 5.92 Å². The van der Waals surface area contributed by atoms with E-state index in [1.807, 2.05) is 19.0 Å². The van der Waals surface area contributed by atoms with E-state index in [9.17, 15) is 4.79 Å². The molecular formula is C10H19N3O. The summed E-state index contributed by atoms with van der Waals surface area (Å²) >= 11 is 0. The first-order valence-electron chi connectivity index (χ1n) is 5.31. The summed E-state index contributed by atoms with van der Waals surface area (Å²) in [5.41, 5.74) is 0. The van der Waals surface area contributed by atoms with Crippen LogP contribution >= 0.6 is 0 Å². The average molecular weight is 197 g/mol. The average Bonchev–Trinajstić information content (AvgIpc) is 2.62. The van der Waals surface area contributed by atoms with Crippen LogP contribution in [0.15, 0.2) is 0 Å². The van der Waals surface area contributed by atoms with Gasteiger partial charge in [0.2, 0.25) is 0 Å². The molecule has 0 aromatic rings. The number of likely N-dealkylation sites (tertiary alicyclic amines) is 1. The summed E-state index contributed by atoms with van der Waals surface area (Å²) < 4.78 is 0. The SMILES string of the molecule is CC1CC2CNCC2N1C(=O)N(C)C. The maximum atomic E-state index is 11.9. The molecule has 0 radical (unpaired) electrons. The second-order valence-electron chi connectivity index (χ2n) is 4.65. The summed E-state index contributed by atoms with van der Waals surface area (Å²) in [6.45, 7) is 4.19. The Hall–Kier alpha value is -0.770. The van der Waals surface area contributed by atoms with Crippen molar-refractivity contribution in [1.29, 1.82) is 0 Å². The molecule has 2 heterocycles. The van der Waals surface area contributed by atoms with Crippen molar-refractivity contribution in [2.75, 3.05) is 27.2 Å². The highest BCUT2D eigenvalue weighted by atomic mass is 16.2. The van der Waals surface area contributed by atoms with Gasteiger partial charge in [-0.3, -0.25) is 0 Å². The van der Waals surface area contributed by atoms with Gasteiger partial charge in [-0.05, 0) is 19.3 Å². The summed E-state index contributed by atoms with van der Waals surface area (Å²) in [5, 5.41) is 3.36. The second kappa shape index (κ2) is 3.42. The first-order valence-corrected chi connectivity index (χ1v) is 5.31. The minimum Gasteiger partial charge on any atom is -0.331 e. The van der Waals surface area contributed by atoms with Gasteiger partial charge < -0.3 is 15.1 Å². The monoisotopic (exact) mass is 197 g/mol. The number of carbonyl (C=O) groups is 1. The zero-order valence-corrected chi connectivity index (χ0v) is 9.16. The zero-order chi connectivity index (χ0) is 10.3. The van der Waals surface area contributed by atoms with E-state index in [4.69, 9.17) is 0 Å². The maximum absolute atomic E-state index is 11.9. The molecule has 2 aliphatic rings. The summed E-state index contributed by atoms with van der Waals surface area (Å²) in [5.74, 6) is 0.675. The predicted molar refractivity (Wildman–Crippen MR) is 55.1 cm³/mol. The predicted octanol–water partition coefficient (Wildman–Crippen LogP) is 0.350. The Labute approximate surface area is 85.2 Å². The first kappa shape index (κ1) is 9.77. The third kappa shape index (κ3) is 1.38. The maximum Gasteiger partial charge on any atom is 0.320 e. The number of fused-ring (bicyclic) bond motifs is 1. The van der Waals surface area contributed by atoms with Gasteiger partial charge in [-0.2, -0.15) is 0 Å². The van der Waals surface area contributed by atoms with Crippen LogP contribution in [-0.4, -0.2) is 55.1 Å². The minimum atomic E-state index is 0.161. The van der Waals surface area contributed by atoms with E-state index < -0.39 is 0 Å². The molecular weight excluding hydrogens is 178 g/mol. The van der Waals surface area contributed by atoms with Crippen LogP contribution in [0.4, 0.5) is 4.79 Å². The van der Waals surface area contributed by atoms with Crippen molar-refractivity contribution in [2.45, 2.75) is 25.4 Å². The van der Waals surface area contributed by atoms with E-state index in [0.717, 1.165) is 19.5 Å². The third-order valence-corrected chi connectivity index (χ3v) is 3.38. The van der Waals surface area contributed by atoms with Gasteiger partial charge in [0.25, 0.3) is 0 Å². The van der Waals surface area contributed by atoms with Crippen molar-refractivity contribution in [3.8, 4) is 0 Å². The number of hydrogen-bond acceptors (Lipinski definition) is 2. The van der Waals surface area contributed by atoms with Crippen molar-refractivity contribution in [3.63, 3.8) is 0 Å². The van der Waals surface area contributed by atoms with Gasteiger partial charge in [-0.25, -0.2) is 4.79 Å². The van der Waals surface area contributed by atoms with E-state index in [0.29, 0.717) is 18.0 Å². The molecule has 0 aromatic heterocycles. The lowest BCUT2D eigenvalue weighted by Crippen LogP contribution is -2.47. The molecule has 0 aromatic carbocycles. The van der Waals surface area contributed by atoms with Gasteiger partial charge in [0, 0.05) is 33.2 Å². The second-order valence-corrected chi connectivity index (χ2v) is 4.65. The van der Waals surface area contributed by atoms with Gasteiger partial charge in [0.05, 0.1) is 6.04 Å². The Bertz CT molecular complexity index is 242. The molecule has 0 aliphatic carbocycles. The highest BCUT2D eigenvalue weighted by Gasteiger charge is 2.44. The van der Waals surface area contributed by atoms with Gasteiger partial charge in [0.1, 0.15) is 0 Å². The number of hydrogen-bond donors (Lipinski definition) is 1. The Morgan fingerprint density at radius 1 is 1.43 bits per heavy atom. The zero-order valence-electron chi connectivity index (χ0n) is 9.16. The number of nitrogens with one attached hydrogen (secondary N) is 1. The van der Waals surface area contributed by atoms with Crippen LogP contribution in [0.2, 0.25) is 0 Å². The topological polar surface area (TPSA) is 35.6 Å². The van der Waals surface area contributed by atoms with Crippen LogP contribution in [0.3, 0.4) is 0 Å². The Kier molecular flexibility index (Phi) is 2.39. The van der Waals surface area contributed by atoms with E-state index in [1.54, 1.807) is 4.90 Å². The van der Waals surface area contributed by atoms with E-state index in [1.165, 1.54) is 0 Å². The van der Waals surface area contributed by atoms with Crippen LogP contribution in [-0.2, 0) is 0 Å². The molecule has 2 saturated heterocycles. The van der Waals surface area contributed by atoms with Gasteiger partial charge in [0.15, 0.2) is 0 Å². The van der Waals surface area contributed by atoms with Crippen molar-refractivity contribution in [3.05, 3.63) is 0 Å². The van der Waals surface area contributed by atoms with Gasteiger partial charge in [-0.1, -0.05) is 0 Å². The largest absolute Gasteiger partial charge is 0.331 e. The number of rotatable bonds is 0. The van der Waals surface area contributed by atoms with Gasteiger partial charge in [-0.15, -0.1) is 0 Å². The quantitative estimate of drug-likeness (QED) is 0.608. The molecule has 3 atom stereocenters. The molecule has 2 fully saturated rings. The highest BCUT2D eigenvalue weighted by Crippen LogP contribution is 2.32. The number of nitrogens with zero attached hydrogens (tertiary/aromatic N) is 2. The van der Waals surface area contributed by atoms with Crippen LogP contribution in [0.5, 0.6) is 0 Å². The smallest absolute Gasteiger partial charge is 0.320 e. The standard InChI is InChI=1S/C10H19N3O/c1-7-4-8-5-11-6-9(8)13(7)10(14)12(2)3/h7-9,11H,4-6H2,1-3H3. The molecule has 2 rings (SSSR count). The van der Waals surface area contributed by atoms with Crippen molar-refractivity contribution >= 4 is 6.03 Å². The molecule has 2 aliphatic heterocycles. The Balaban J connectivity index is 2.13. The van der Waals surface area contributed by atoms with Crippen LogP contribution < -0.4 is 5.32 Å². The first-order chi connectivity index (χ1) is 6.61. The molecule has 3 unspecified atom stereocenters. The van der Waals surface area contributed by atoms with Crippen molar-refractivity contribution in [1.82, 2.24) is 15.1 Å². The highest BCUT2D eigenvalue weighted by molar-refractivity contribution is 5.75. The lowest BCUT2D eigenvalue weighted by Gasteiger charge is -2.30. The fourth-order valence-corrected chi connectivity index (χ4v) is 2.73. The van der Waals surface area contributed by atoms with E-state index >= 15 is 0 Å². The fraction of sp³-hybridized carbons (Fsp3) is 0.900. The molecule has 0 spiro atoms. The summed E-state index contributed by atoms with van der Waals surface area (Å²) in [4.78, 5) is 15.6. The van der Waals surface area contributed by atoms with Crippen LogP contribution in [0.1, 0.15) is 13.3 Å². The molecule has 0 bridgehead atoms. The Morgan fingerprint density at radius 3 is 2.79 bits per heavy atom. The van der Waals surface area contributed by atoms with Crippen LogP contribution in [0.25, 0.3) is 0 Å². The van der Waals surface area contributed by atoms with E-state index in [2.05, 4.69) is 12.2 Å². The minimum absolute atomic E-state index is 0.161. The molecule has 80 valence electrons. The van der Waals surface area contributed by atoms with Crippen molar-refractivity contribution in [2.24, 2.45) is 5.92 Å². The molecule has 0 saturated carbocycles. The third-order valence-electron chi connectivity index (χ3n) is 3.38.